The van der Waals surface area contributed by atoms with Crippen LogP contribution in [0.5, 0.6) is 0 Å². The number of hydrogen-bond acceptors (Lipinski definition) is 5. The lowest BCUT2D eigenvalue weighted by molar-refractivity contribution is -0.118. The maximum Gasteiger partial charge on any atom is 0.267 e. The van der Waals surface area contributed by atoms with E-state index in [9.17, 15) is 9.59 Å². The number of aromatic nitrogens is 4. The van der Waals surface area contributed by atoms with Crippen LogP contribution in [0.4, 0.5) is 0 Å². The summed E-state index contributed by atoms with van der Waals surface area (Å²) in [6.45, 7) is 6.81. The Hall–Kier alpha value is -3.13. The molecule has 7 nitrogen and oxygen atoms in total. The second-order valence-corrected chi connectivity index (χ2v) is 8.36. The smallest absolute Gasteiger partial charge is 0.267 e. The Morgan fingerprint density at radius 1 is 1.10 bits per heavy atom. The number of carbonyl (C=O) groups excluding carboxylic acids is 1. The zero-order chi connectivity index (χ0) is 22.0. The molecule has 2 heterocycles. The predicted molar refractivity (Wildman–Crippen MR) is 124 cm³/mol. The van der Waals surface area contributed by atoms with Crippen molar-refractivity contribution in [1.29, 1.82) is 0 Å². The lowest BCUT2D eigenvalue weighted by atomic mass is 9.98. The van der Waals surface area contributed by atoms with Gasteiger partial charge < -0.3 is 5.32 Å². The number of para-hydroxylation sites is 1. The molecule has 0 spiro atoms. The zero-order valence-electron chi connectivity index (χ0n) is 17.8. The quantitative estimate of drug-likeness (QED) is 0.447. The number of amides is 1. The molecule has 31 heavy (non-hydrogen) atoms. The van der Waals surface area contributed by atoms with Gasteiger partial charge in [-0.1, -0.05) is 49.9 Å². The molecule has 0 fully saturated rings. The van der Waals surface area contributed by atoms with Crippen LogP contribution in [0.2, 0.25) is 0 Å². The van der Waals surface area contributed by atoms with Crippen molar-refractivity contribution < 1.29 is 4.79 Å². The lowest BCUT2D eigenvalue weighted by Gasteiger charge is -2.13. The molecule has 2 aromatic carbocycles. The highest BCUT2D eigenvalue weighted by Gasteiger charge is 2.18. The van der Waals surface area contributed by atoms with Gasteiger partial charge in [0.1, 0.15) is 0 Å². The molecule has 4 rings (SSSR count). The van der Waals surface area contributed by atoms with Crippen LogP contribution < -0.4 is 10.9 Å². The summed E-state index contributed by atoms with van der Waals surface area (Å²) < 4.78 is 3.44. The van der Waals surface area contributed by atoms with Crippen LogP contribution in [0.25, 0.3) is 22.4 Å². The van der Waals surface area contributed by atoms with Gasteiger partial charge in [-0.3, -0.25) is 14.0 Å². The van der Waals surface area contributed by atoms with E-state index in [1.54, 1.807) is 10.6 Å². The number of thioether (sulfide) groups is 1. The van der Waals surface area contributed by atoms with Gasteiger partial charge in [0.15, 0.2) is 5.16 Å². The first-order valence-corrected chi connectivity index (χ1v) is 11.4. The molecule has 0 bridgehead atoms. The van der Waals surface area contributed by atoms with Gasteiger partial charge in [-0.25, -0.2) is 4.57 Å². The molecule has 0 aliphatic heterocycles. The number of nitrogens with one attached hydrogen (secondary N) is 1. The Labute approximate surface area is 184 Å². The van der Waals surface area contributed by atoms with Crippen molar-refractivity contribution in [2.45, 2.75) is 38.3 Å². The number of fused-ring (bicyclic) bond motifs is 3. The Bertz CT molecular complexity index is 1290. The van der Waals surface area contributed by atoms with Gasteiger partial charge in [-0.2, -0.15) is 0 Å². The third-order valence-electron chi connectivity index (χ3n) is 5.43. The zero-order valence-corrected chi connectivity index (χ0v) is 18.6. The van der Waals surface area contributed by atoms with Gasteiger partial charge in [0.05, 0.1) is 22.3 Å². The van der Waals surface area contributed by atoms with Crippen molar-refractivity contribution in [2.75, 3.05) is 12.3 Å². The SMILES string of the molecule is CCNC(=O)CSc1nnc2n(-c3ccc([C@@H](C)CC)cc3)c(=O)c3ccccc3n12. The summed E-state index contributed by atoms with van der Waals surface area (Å²) >= 11 is 1.30. The van der Waals surface area contributed by atoms with E-state index in [2.05, 4.69) is 41.5 Å². The number of benzene rings is 2. The Kier molecular flexibility index (Phi) is 6.08. The molecule has 160 valence electrons. The van der Waals surface area contributed by atoms with E-state index >= 15 is 0 Å². The maximum atomic E-state index is 13.4. The van der Waals surface area contributed by atoms with Gasteiger partial charge >= 0.3 is 0 Å². The molecule has 1 N–H and O–H groups in total. The van der Waals surface area contributed by atoms with Gasteiger partial charge in [-0.15, -0.1) is 10.2 Å². The number of nitrogens with zero attached hydrogens (tertiary/aromatic N) is 4. The van der Waals surface area contributed by atoms with Crippen LogP contribution in [0, 0.1) is 0 Å². The third-order valence-corrected chi connectivity index (χ3v) is 6.36. The van der Waals surface area contributed by atoms with Crippen molar-refractivity contribution in [3.05, 3.63) is 64.4 Å². The van der Waals surface area contributed by atoms with E-state index in [1.165, 1.54) is 17.3 Å². The molecule has 0 unspecified atom stereocenters. The summed E-state index contributed by atoms with van der Waals surface area (Å²) in [5.41, 5.74) is 2.54. The first kappa shape index (κ1) is 21.1. The van der Waals surface area contributed by atoms with Gasteiger partial charge in [-0.05, 0) is 49.1 Å². The number of carbonyl (C=O) groups is 1. The minimum absolute atomic E-state index is 0.0671. The lowest BCUT2D eigenvalue weighted by Crippen LogP contribution is -2.24. The summed E-state index contributed by atoms with van der Waals surface area (Å²) in [4.78, 5) is 25.3. The maximum absolute atomic E-state index is 13.4. The molecule has 2 aromatic heterocycles. The van der Waals surface area contributed by atoms with Crippen LogP contribution >= 0.6 is 11.8 Å². The fourth-order valence-corrected chi connectivity index (χ4v) is 4.34. The van der Waals surface area contributed by atoms with Crippen LogP contribution in [-0.2, 0) is 4.79 Å². The number of hydrogen-bond donors (Lipinski definition) is 1. The number of rotatable bonds is 7. The van der Waals surface area contributed by atoms with E-state index in [4.69, 9.17) is 0 Å². The van der Waals surface area contributed by atoms with Gasteiger partial charge in [0.2, 0.25) is 11.7 Å². The summed E-state index contributed by atoms with van der Waals surface area (Å²) in [5, 5.41) is 12.6. The minimum Gasteiger partial charge on any atom is -0.356 e. The second-order valence-electron chi connectivity index (χ2n) is 7.42. The van der Waals surface area contributed by atoms with Gasteiger partial charge in [0.25, 0.3) is 5.56 Å². The van der Waals surface area contributed by atoms with Crippen molar-refractivity contribution in [2.24, 2.45) is 0 Å². The van der Waals surface area contributed by atoms with E-state index in [0.29, 0.717) is 28.8 Å². The molecular formula is C23H25N5O2S. The highest BCUT2D eigenvalue weighted by molar-refractivity contribution is 7.99. The second kappa shape index (κ2) is 8.93. The van der Waals surface area contributed by atoms with Crippen molar-refractivity contribution in [3.8, 4) is 5.69 Å². The largest absolute Gasteiger partial charge is 0.356 e. The summed E-state index contributed by atoms with van der Waals surface area (Å²) in [6, 6.07) is 15.4. The molecule has 1 atom stereocenters. The summed E-state index contributed by atoms with van der Waals surface area (Å²) in [6.07, 6.45) is 1.05. The average molecular weight is 436 g/mol. The van der Waals surface area contributed by atoms with Crippen molar-refractivity contribution in [3.63, 3.8) is 0 Å². The predicted octanol–water partition coefficient (Wildman–Crippen LogP) is 3.78. The minimum atomic E-state index is -0.146. The average Bonchev–Trinajstić information content (AvgIpc) is 3.22. The third kappa shape index (κ3) is 3.95. The first-order chi connectivity index (χ1) is 15.0. The molecule has 0 aliphatic carbocycles. The fourth-order valence-electron chi connectivity index (χ4n) is 3.57. The molecule has 0 saturated carbocycles. The monoisotopic (exact) mass is 435 g/mol. The van der Waals surface area contributed by atoms with E-state index in [1.807, 2.05) is 41.7 Å². The Morgan fingerprint density at radius 2 is 1.84 bits per heavy atom. The van der Waals surface area contributed by atoms with E-state index in [0.717, 1.165) is 17.6 Å². The first-order valence-electron chi connectivity index (χ1n) is 10.4. The highest BCUT2D eigenvalue weighted by atomic mass is 32.2. The normalized spacial score (nSPS) is 12.4. The molecule has 0 radical (unpaired) electrons. The van der Waals surface area contributed by atoms with Crippen LogP contribution in [-0.4, -0.2) is 37.4 Å². The van der Waals surface area contributed by atoms with E-state index in [-0.39, 0.29) is 17.2 Å². The topological polar surface area (TPSA) is 81.3 Å². The molecule has 1 amide bonds. The van der Waals surface area contributed by atoms with Crippen LogP contribution in [0.15, 0.2) is 58.5 Å². The van der Waals surface area contributed by atoms with Crippen LogP contribution in [0.1, 0.15) is 38.7 Å². The summed E-state index contributed by atoms with van der Waals surface area (Å²) in [5.74, 6) is 1.04. The van der Waals surface area contributed by atoms with E-state index < -0.39 is 0 Å². The fraction of sp³-hybridized carbons (Fsp3) is 0.304. The van der Waals surface area contributed by atoms with Crippen LogP contribution in [0.3, 0.4) is 0 Å². The summed E-state index contributed by atoms with van der Waals surface area (Å²) in [7, 11) is 0. The standard InChI is InChI=1S/C23H25N5O2S/c1-4-15(3)16-10-12-17(13-11-16)27-21(30)18-8-6-7-9-19(18)28-22(27)25-26-23(28)31-14-20(29)24-5-2/h6-13,15H,4-5,14H2,1-3H3,(H,24,29)/t15-/m0/s1. The molecule has 0 saturated heterocycles. The van der Waals surface area contributed by atoms with Crippen molar-refractivity contribution in [1.82, 2.24) is 24.5 Å². The van der Waals surface area contributed by atoms with Gasteiger partial charge in [0, 0.05) is 6.54 Å². The molecule has 4 aromatic rings. The van der Waals surface area contributed by atoms with Crippen molar-refractivity contribution >= 4 is 34.3 Å². The molecule has 8 heteroatoms. The highest BCUT2D eigenvalue weighted by Crippen LogP contribution is 2.24. The molecular weight excluding hydrogens is 410 g/mol. The molecule has 0 aliphatic rings. The Morgan fingerprint density at radius 3 is 2.55 bits per heavy atom. The Balaban J connectivity index is 1.88.